The fourth-order valence-electron chi connectivity index (χ4n) is 2.96. The summed E-state index contributed by atoms with van der Waals surface area (Å²) in [5.41, 5.74) is 0.780. The second-order valence-corrected chi connectivity index (χ2v) is 7.59. The molecule has 0 spiro atoms. The number of esters is 1. The van der Waals surface area contributed by atoms with E-state index in [1.807, 2.05) is 30.4 Å². The lowest BCUT2D eigenvalue weighted by Crippen LogP contribution is -2.04. The molecular formula is C28H38O4. The second kappa shape index (κ2) is 18.7. The molecule has 0 atom stereocenters. The van der Waals surface area contributed by atoms with E-state index < -0.39 is 5.97 Å². The van der Waals surface area contributed by atoms with Gasteiger partial charge in [0, 0.05) is 12.5 Å². The summed E-state index contributed by atoms with van der Waals surface area (Å²) < 4.78 is 5.10. The Labute approximate surface area is 193 Å². The number of carbonyl (C=O) groups is 1. The van der Waals surface area contributed by atoms with E-state index in [2.05, 4.69) is 19.1 Å². The van der Waals surface area contributed by atoms with Crippen LogP contribution in [0.2, 0.25) is 0 Å². The van der Waals surface area contributed by atoms with Gasteiger partial charge in [-0.25, -0.2) is 4.79 Å². The van der Waals surface area contributed by atoms with Gasteiger partial charge in [-0.2, -0.15) is 0 Å². The predicted molar refractivity (Wildman–Crippen MR) is 133 cm³/mol. The number of allylic oxidation sites excluding steroid dienone is 9. The molecule has 1 rings (SSSR count). The molecule has 0 heterocycles. The van der Waals surface area contributed by atoms with Crippen LogP contribution in [0.1, 0.15) is 63.9 Å². The van der Waals surface area contributed by atoms with Crippen molar-refractivity contribution in [3.63, 3.8) is 0 Å². The first kappa shape index (κ1) is 27.0. The number of rotatable bonds is 16. The molecule has 0 aliphatic carbocycles. The molecular weight excluding hydrogens is 400 g/mol. The van der Waals surface area contributed by atoms with Crippen LogP contribution in [0.5, 0.6) is 11.5 Å². The molecule has 4 heteroatoms. The first-order chi connectivity index (χ1) is 15.6. The van der Waals surface area contributed by atoms with Crippen LogP contribution in [0.4, 0.5) is 0 Å². The fraction of sp³-hybridized carbons (Fsp3) is 0.393. The molecule has 0 amide bonds. The SMILES string of the molecule is CCCCCCCCC/C=C/C=C/C=C/C=C/C=C/C(=O)OCCc1ccc(O)c(O)c1. The summed E-state index contributed by atoms with van der Waals surface area (Å²) in [6.07, 6.45) is 29.7. The highest BCUT2D eigenvalue weighted by Crippen LogP contribution is 2.24. The molecule has 4 nitrogen and oxygen atoms in total. The highest BCUT2D eigenvalue weighted by Gasteiger charge is 2.02. The molecule has 0 radical (unpaired) electrons. The smallest absolute Gasteiger partial charge is 0.330 e. The maximum atomic E-state index is 11.6. The third-order valence-corrected chi connectivity index (χ3v) is 4.80. The molecule has 0 aromatic heterocycles. The zero-order chi connectivity index (χ0) is 23.3. The van der Waals surface area contributed by atoms with E-state index in [0.29, 0.717) is 6.42 Å². The van der Waals surface area contributed by atoms with Crippen LogP contribution in [0.3, 0.4) is 0 Å². The number of hydrogen-bond donors (Lipinski definition) is 2. The van der Waals surface area contributed by atoms with Crippen molar-refractivity contribution >= 4 is 5.97 Å². The third-order valence-electron chi connectivity index (χ3n) is 4.80. The van der Waals surface area contributed by atoms with Crippen molar-refractivity contribution in [2.24, 2.45) is 0 Å². The van der Waals surface area contributed by atoms with Crippen molar-refractivity contribution in [3.05, 3.63) is 84.5 Å². The van der Waals surface area contributed by atoms with Gasteiger partial charge in [0.2, 0.25) is 0 Å². The summed E-state index contributed by atoms with van der Waals surface area (Å²) >= 11 is 0. The maximum absolute atomic E-state index is 11.6. The molecule has 1 aromatic carbocycles. The second-order valence-electron chi connectivity index (χ2n) is 7.59. The summed E-state index contributed by atoms with van der Waals surface area (Å²) in [7, 11) is 0. The summed E-state index contributed by atoms with van der Waals surface area (Å²) in [6, 6.07) is 4.54. The largest absolute Gasteiger partial charge is 0.504 e. The summed E-state index contributed by atoms with van der Waals surface area (Å²) in [5.74, 6) is -0.769. The van der Waals surface area contributed by atoms with Crippen LogP contribution in [0.15, 0.2) is 79.0 Å². The number of carbonyl (C=O) groups excluding carboxylic acids is 1. The average molecular weight is 439 g/mol. The Kier molecular flexibility index (Phi) is 15.8. The normalized spacial score (nSPS) is 12.3. The first-order valence-electron chi connectivity index (χ1n) is 11.6. The Morgan fingerprint density at radius 1 is 0.812 bits per heavy atom. The number of unbranched alkanes of at least 4 members (excludes halogenated alkanes) is 7. The van der Waals surface area contributed by atoms with Crippen LogP contribution < -0.4 is 0 Å². The number of benzene rings is 1. The van der Waals surface area contributed by atoms with Crippen LogP contribution in [-0.2, 0) is 16.0 Å². The topological polar surface area (TPSA) is 66.8 Å². The van der Waals surface area contributed by atoms with Crippen molar-refractivity contribution in [2.75, 3.05) is 6.61 Å². The molecule has 0 saturated heterocycles. The van der Waals surface area contributed by atoms with Gasteiger partial charge in [-0.05, 0) is 30.5 Å². The monoisotopic (exact) mass is 438 g/mol. The van der Waals surface area contributed by atoms with Gasteiger partial charge in [-0.3, -0.25) is 0 Å². The van der Waals surface area contributed by atoms with Crippen molar-refractivity contribution in [3.8, 4) is 11.5 Å². The van der Waals surface area contributed by atoms with Gasteiger partial charge in [0.1, 0.15) is 0 Å². The van der Waals surface area contributed by atoms with Crippen LogP contribution >= 0.6 is 0 Å². The van der Waals surface area contributed by atoms with E-state index >= 15 is 0 Å². The maximum Gasteiger partial charge on any atom is 0.330 e. The minimum atomic E-state index is -0.423. The van der Waals surface area contributed by atoms with Gasteiger partial charge in [-0.1, -0.05) is 106 Å². The fourth-order valence-corrected chi connectivity index (χ4v) is 2.96. The van der Waals surface area contributed by atoms with Gasteiger partial charge in [0.15, 0.2) is 11.5 Å². The molecule has 0 fully saturated rings. The van der Waals surface area contributed by atoms with Gasteiger partial charge in [0.25, 0.3) is 0 Å². The predicted octanol–water partition coefficient (Wildman–Crippen LogP) is 7.11. The van der Waals surface area contributed by atoms with E-state index in [9.17, 15) is 15.0 Å². The lowest BCUT2D eigenvalue weighted by Gasteiger charge is -2.04. The highest BCUT2D eigenvalue weighted by molar-refractivity contribution is 5.82. The average Bonchev–Trinajstić information content (AvgIpc) is 2.78. The minimum absolute atomic E-state index is 0.166. The molecule has 32 heavy (non-hydrogen) atoms. The number of hydrogen-bond acceptors (Lipinski definition) is 4. The molecule has 1 aromatic rings. The Bertz CT molecular complexity index is 785. The number of aromatic hydroxyl groups is 2. The third kappa shape index (κ3) is 14.9. The zero-order valence-corrected chi connectivity index (χ0v) is 19.3. The minimum Gasteiger partial charge on any atom is -0.504 e. The summed E-state index contributed by atoms with van der Waals surface area (Å²) in [5, 5.41) is 18.7. The number of phenols is 2. The molecule has 0 saturated carbocycles. The molecule has 2 N–H and O–H groups in total. The summed E-state index contributed by atoms with van der Waals surface area (Å²) in [6.45, 7) is 2.45. The van der Waals surface area contributed by atoms with Crippen molar-refractivity contribution < 1.29 is 19.7 Å². The lowest BCUT2D eigenvalue weighted by molar-refractivity contribution is -0.137. The van der Waals surface area contributed by atoms with Crippen molar-refractivity contribution in [2.45, 2.75) is 64.7 Å². The number of ether oxygens (including phenoxy) is 1. The van der Waals surface area contributed by atoms with Crippen LogP contribution in [0, 0.1) is 0 Å². The van der Waals surface area contributed by atoms with Crippen LogP contribution in [0.25, 0.3) is 0 Å². The van der Waals surface area contributed by atoms with E-state index in [1.165, 1.54) is 63.2 Å². The molecule has 0 aliphatic rings. The molecule has 0 aliphatic heterocycles. The molecule has 174 valence electrons. The van der Waals surface area contributed by atoms with Crippen LogP contribution in [-0.4, -0.2) is 22.8 Å². The Hall–Kier alpha value is -3.01. The van der Waals surface area contributed by atoms with Gasteiger partial charge >= 0.3 is 5.97 Å². The standard InChI is InChI=1S/C28H38O4/c1-2-3-4-5-6-7-8-9-10-11-12-13-14-15-16-17-18-19-28(31)32-23-22-25-20-21-26(29)27(30)24-25/h10-21,24,29-30H,2-9,22-23H2,1H3/b11-10+,13-12+,15-14+,17-16+,19-18+. The summed E-state index contributed by atoms with van der Waals surface area (Å²) in [4.78, 5) is 11.6. The molecule has 0 unspecified atom stereocenters. The highest BCUT2D eigenvalue weighted by atomic mass is 16.5. The van der Waals surface area contributed by atoms with Crippen molar-refractivity contribution in [1.29, 1.82) is 0 Å². The van der Waals surface area contributed by atoms with E-state index in [1.54, 1.807) is 18.2 Å². The van der Waals surface area contributed by atoms with Gasteiger partial charge < -0.3 is 14.9 Å². The Morgan fingerprint density at radius 2 is 1.44 bits per heavy atom. The zero-order valence-electron chi connectivity index (χ0n) is 19.3. The molecule has 0 bridgehead atoms. The van der Waals surface area contributed by atoms with Gasteiger partial charge in [-0.15, -0.1) is 0 Å². The lowest BCUT2D eigenvalue weighted by atomic mass is 10.1. The number of phenolic OH excluding ortho intramolecular Hbond substituents is 2. The Balaban J connectivity index is 2.07. The first-order valence-corrected chi connectivity index (χ1v) is 11.6. The van der Waals surface area contributed by atoms with Gasteiger partial charge in [0.05, 0.1) is 6.61 Å². The quantitative estimate of drug-likeness (QED) is 0.0949. The van der Waals surface area contributed by atoms with E-state index in [0.717, 1.165) is 12.0 Å². The van der Waals surface area contributed by atoms with Crippen molar-refractivity contribution in [1.82, 2.24) is 0 Å². The van der Waals surface area contributed by atoms with E-state index in [4.69, 9.17) is 4.74 Å². The Morgan fingerprint density at radius 3 is 2.12 bits per heavy atom. The van der Waals surface area contributed by atoms with E-state index in [-0.39, 0.29) is 18.1 Å².